The molecule has 1 saturated heterocycles. The number of rotatable bonds is 4. The molecule has 10 heteroatoms. The normalized spacial score (nSPS) is 19.6. The van der Waals surface area contributed by atoms with Crippen LogP contribution in [0.4, 0.5) is 11.8 Å². The van der Waals surface area contributed by atoms with Gasteiger partial charge in [0.2, 0.25) is 11.9 Å². The second-order valence-corrected chi connectivity index (χ2v) is 9.35. The fraction of sp³-hybridized carbons (Fsp3) is 0.478. The van der Waals surface area contributed by atoms with Crippen LogP contribution in [-0.4, -0.2) is 70.4 Å². The van der Waals surface area contributed by atoms with E-state index in [1.54, 1.807) is 11.8 Å². The van der Waals surface area contributed by atoms with Gasteiger partial charge in [-0.05, 0) is 32.0 Å². The third-order valence-corrected chi connectivity index (χ3v) is 6.72. The van der Waals surface area contributed by atoms with E-state index in [4.69, 9.17) is 21.3 Å². The monoisotopic (exact) mass is 470 g/mol. The number of hydrogen-bond acceptors (Lipinski definition) is 7. The van der Waals surface area contributed by atoms with Crippen LogP contribution in [-0.2, 0) is 11.3 Å². The fourth-order valence-electron chi connectivity index (χ4n) is 4.55. The minimum Gasteiger partial charge on any atom is -0.491 e. The lowest BCUT2D eigenvalue weighted by molar-refractivity contribution is -0.129. The lowest BCUT2D eigenvalue weighted by Gasteiger charge is -2.34. The summed E-state index contributed by atoms with van der Waals surface area (Å²) >= 11 is 6.22. The number of nitrogens with one attached hydrogen (secondary N) is 1. The van der Waals surface area contributed by atoms with E-state index in [2.05, 4.69) is 10.3 Å². The second kappa shape index (κ2) is 8.37. The first-order valence-corrected chi connectivity index (χ1v) is 11.6. The zero-order valence-corrected chi connectivity index (χ0v) is 19.7. The predicted molar refractivity (Wildman–Crippen MR) is 125 cm³/mol. The molecule has 33 heavy (non-hydrogen) atoms. The number of hydrogen-bond donors (Lipinski definition) is 1. The zero-order valence-electron chi connectivity index (χ0n) is 19.0. The Morgan fingerprint density at radius 2 is 1.97 bits per heavy atom. The minimum atomic E-state index is -0.136. The molecule has 5 rings (SSSR count). The van der Waals surface area contributed by atoms with E-state index in [1.165, 1.54) is 0 Å². The highest BCUT2D eigenvalue weighted by Crippen LogP contribution is 2.38. The third-order valence-electron chi connectivity index (χ3n) is 6.48. The molecular weight excluding hydrogens is 444 g/mol. The summed E-state index contributed by atoms with van der Waals surface area (Å²) in [5.74, 6) is 1.92. The van der Waals surface area contributed by atoms with E-state index < -0.39 is 0 Å². The van der Waals surface area contributed by atoms with Gasteiger partial charge < -0.3 is 24.8 Å². The number of ether oxygens (including phenoxy) is 1. The summed E-state index contributed by atoms with van der Waals surface area (Å²) in [5.41, 5.74) is 2.21. The Hall–Kier alpha value is -3.07. The van der Waals surface area contributed by atoms with E-state index in [9.17, 15) is 9.59 Å². The van der Waals surface area contributed by atoms with Gasteiger partial charge in [-0.15, -0.1) is 0 Å². The molecule has 2 amide bonds. The van der Waals surface area contributed by atoms with Crippen molar-refractivity contribution in [2.24, 2.45) is 0 Å². The summed E-state index contributed by atoms with van der Waals surface area (Å²) < 4.78 is 5.83. The molecule has 3 aliphatic rings. The summed E-state index contributed by atoms with van der Waals surface area (Å²) in [7, 11) is 0. The van der Waals surface area contributed by atoms with Crippen molar-refractivity contribution in [2.75, 3.05) is 43.0 Å². The molecule has 4 heterocycles. The summed E-state index contributed by atoms with van der Waals surface area (Å²) in [6.07, 6.45) is 0. The number of halogens is 1. The van der Waals surface area contributed by atoms with Crippen LogP contribution in [0.2, 0.25) is 5.02 Å². The summed E-state index contributed by atoms with van der Waals surface area (Å²) in [4.78, 5) is 40.0. The van der Waals surface area contributed by atoms with Gasteiger partial charge in [-0.25, -0.2) is 4.98 Å². The molecule has 3 aliphatic heterocycles. The van der Waals surface area contributed by atoms with Gasteiger partial charge in [0.15, 0.2) is 0 Å². The molecule has 1 fully saturated rings. The SMILES string of the molecule is CC(=O)N1CCN(c2nc(NC3COc4ccc(Cl)cc43)c3c(n2)C(=O)N(C(C)C)C3)CC1. The highest BCUT2D eigenvalue weighted by atomic mass is 35.5. The van der Waals surface area contributed by atoms with Crippen molar-refractivity contribution >= 4 is 35.2 Å². The molecule has 0 bridgehead atoms. The van der Waals surface area contributed by atoms with Crippen LogP contribution in [0.15, 0.2) is 18.2 Å². The van der Waals surface area contributed by atoms with Gasteiger partial charge in [0, 0.05) is 55.3 Å². The molecule has 0 spiro atoms. The topological polar surface area (TPSA) is 90.9 Å². The number of benzene rings is 1. The fourth-order valence-corrected chi connectivity index (χ4v) is 4.73. The quantitative estimate of drug-likeness (QED) is 0.734. The van der Waals surface area contributed by atoms with E-state index in [0.29, 0.717) is 61.8 Å². The van der Waals surface area contributed by atoms with Gasteiger partial charge >= 0.3 is 0 Å². The molecule has 1 atom stereocenters. The number of carbonyl (C=O) groups excluding carboxylic acids is 2. The number of anilines is 2. The van der Waals surface area contributed by atoms with Crippen molar-refractivity contribution in [3.8, 4) is 5.75 Å². The average molecular weight is 471 g/mol. The van der Waals surface area contributed by atoms with Crippen LogP contribution < -0.4 is 15.0 Å². The molecule has 1 aromatic carbocycles. The lowest BCUT2D eigenvalue weighted by Crippen LogP contribution is -2.48. The Bertz CT molecular complexity index is 1120. The maximum atomic E-state index is 13.1. The Balaban J connectivity index is 1.49. The minimum absolute atomic E-state index is 0.0523. The summed E-state index contributed by atoms with van der Waals surface area (Å²) in [5, 5.41) is 4.15. The molecule has 0 aliphatic carbocycles. The van der Waals surface area contributed by atoms with Crippen molar-refractivity contribution < 1.29 is 14.3 Å². The van der Waals surface area contributed by atoms with Crippen LogP contribution in [0.5, 0.6) is 5.75 Å². The van der Waals surface area contributed by atoms with Crippen LogP contribution in [0, 0.1) is 0 Å². The Kier molecular flexibility index (Phi) is 5.52. The van der Waals surface area contributed by atoms with Crippen LogP contribution in [0.3, 0.4) is 0 Å². The number of carbonyl (C=O) groups is 2. The first-order chi connectivity index (χ1) is 15.8. The first kappa shape index (κ1) is 21.8. The summed E-state index contributed by atoms with van der Waals surface area (Å²) in [6, 6.07) is 5.49. The Morgan fingerprint density at radius 3 is 2.67 bits per heavy atom. The highest BCUT2D eigenvalue weighted by molar-refractivity contribution is 6.30. The van der Waals surface area contributed by atoms with Crippen LogP contribution >= 0.6 is 11.6 Å². The number of amides is 2. The lowest BCUT2D eigenvalue weighted by atomic mass is 10.1. The number of nitrogens with zero attached hydrogens (tertiary/aromatic N) is 5. The van der Waals surface area contributed by atoms with Crippen molar-refractivity contribution in [3.63, 3.8) is 0 Å². The smallest absolute Gasteiger partial charge is 0.273 e. The Morgan fingerprint density at radius 1 is 1.21 bits per heavy atom. The molecule has 1 unspecified atom stereocenters. The average Bonchev–Trinajstić information content (AvgIpc) is 3.34. The van der Waals surface area contributed by atoms with Crippen molar-refractivity contribution in [2.45, 2.75) is 39.4 Å². The number of aromatic nitrogens is 2. The van der Waals surface area contributed by atoms with Crippen molar-refractivity contribution in [3.05, 3.63) is 40.0 Å². The van der Waals surface area contributed by atoms with E-state index in [-0.39, 0.29) is 23.9 Å². The van der Waals surface area contributed by atoms with Gasteiger partial charge in [-0.3, -0.25) is 9.59 Å². The van der Waals surface area contributed by atoms with Gasteiger partial charge in [0.05, 0.1) is 12.6 Å². The molecule has 1 N–H and O–H groups in total. The second-order valence-electron chi connectivity index (χ2n) is 8.91. The molecule has 174 valence electrons. The van der Waals surface area contributed by atoms with Crippen LogP contribution in [0.25, 0.3) is 0 Å². The molecule has 9 nitrogen and oxygen atoms in total. The molecule has 2 aromatic rings. The largest absolute Gasteiger partial charge is 0.491 e. The Labute approximate surface area is 197 Å². The standard InChI is InChI=1S/C23H27ClN6O3/c1-13(2)30-11-17-20(22(30)32)26-23(29-8-6-28(7-9-29)14(3)31)27-21(17)25-18-12-33-19-5-4-15(24)10-16(18)19/h4-5,10,13,18H,6-9,11-12H2,1-3H3,(H,25,26,27). The predicted octanol–water partition coefficient (Wildman–Crippen LogP) is 2.71. The number of fused-ring (bicyclic) bond motifs is 2. The van der Waals surface area contributed by atoms with Crippen molar-refractivity contribution in [1.29, 1.82) is 0 Å². The molecule has 0 radical (unpaired) electrons. The molecular formula is C23H27ClN6O3. The maximum Gasteiger partial charge on any atom is 0.273 e. The maximum absolute atomic E-state index is 13.1. The van der Waals surface area contributed by atoms with E-state index in [0.717, 1.165) is 16.9 Å². The third kappa shape index (κ3) is 3.94. The summed E-state index contributed by atoms with van der Waals surface area (Å²) in [6.45, 7) is 8.92. The van der Waals surface area contributed by atoms with Gasteiger partial charge in [-0.1, -0.05) is 11.6 Å². The number of piperazine rings is 1. The van der Waals surface area contributed by atoms with E-state index >= 15 is 0 Å². The van der Waals surface area contributed by atoms with Crippen molar-refractivity contribution in [1.82, 2.24) is 19.8 Å². The van der Waals surface area contributed by atoms with Crippen LogP contribution in [0.1, 0.15) is 48.4 Å². The first-order valence-electron chi connectivity index (χ1n) is 11.2. The van der Waals surface area contributed by atoms with Gasteiger partial charge in [0.1, 0.15) is 23.9 Å². The molecule has 1 aromatic heterocycles. The van der Waals surface area contributed by atoms with E-state index in [1.807, 2.05) is 41.8 Å². The van der Waals surface area contributed by atoms with Gasteiger partial charge in [0.25, 0.3) is 5.91 Å². The zero-order chi connectivity index (χ0) is 23.3. The van der Waals surface area contributed by atoms with Gasteiger partial charge in [-0.2, -0.15) is 4.98 Å². The highest BCUT2D eigenvalue weighted by Gasteiger charge is 2.36. The molecule has 0 saturated carbocycles.